The minimum absolute atomic E-state index is 0.0771. The monoisotopic (exact) mass is 299 g/mol. The van der Waals surface area contributed by atoms with E-state index in [9.17, 15) is 8.42 Å². The number of rotatable bonds is 6. The normalized spacial score (nSPS) is 13.5. The van der Waals surface area contributed by atoms with Crippen LogP contribution < -0.4 is 4.72 Å². The molecule has 0 aromatic heterocycles. The van der Waals surface area contributed by atoms with Crippen molar-refractivity contribution in [1.29, 1.82) is 0 Å². The Balaban J connectivity index is 3.16. The van der Waals surface area contributed by atoms with Crippen LogP contribution in [0.25, 0.3) is 0 Å². The molecular formula is C15H25NO3S. The zero-order valence-corrected chi connectivity index (χ0v) is 13.8. The highest BCUT2D eigenvalue weighted by molar-refractivity contribution is 7.89. The SMILES string of the molecule is Cc1cc(C)c(C)c(S(=O)(=O)NC(C)CCCO)c1C. The second-order valence-electron chi connectivity index (χ2n) is 5.48. The lowest BCUT2D eigenvalue weighted by molar-refractivity contribution is 0.279. The molecule has 0 fully saturated rings. The van der Waals surface area contributed by atoms with Gasteiger partial charge in [0.1, 0.15) is 0 Å². The van der Waals surface area contributed by atoms with Crippen LogP contribution in [0.3, 0.4) is 0 Å². The van der Waals surface area contributed by atoms with E-state index in [4.69, 9.17) is 5.11 Å². The standard InChI is InChI=1S/C15H25NO3S/c1-10-9-11(2)14(5)15(13(10)4)20(18,19)16-12(3)7-6-8-17/h9,12,16-17H,6-8H2,1-5H3. The lowest BCUT2D eigenvalue weighted by Crippen LogP contribution is -2.33. The Bertz CT molecular complexity index is 553. The molecule has 0 bridgehead atoms. The third-order valence-electron chi connectivity index (χ3n) is 3.72. The number of hydrogen-bond donors (Lipinski definition) is 2. The zero-order valence-electron chi connectivity index (χ0n) is 12.9. The van der Waals surface area contributed by atoms with Crippen LogP contribution >= 0.6 is 0 Å². The molecule has 1 aromatic carbocycles. The fourth-order valence-corrected chi connectivity index (χ4v) is 4.26. The van der Waals surface area contributed by atoms with Gasteiger partial charge in [0, 0.05) is 12.6 Å². The van der Waals surface area contributed by atoms with Crippen LogP contribution in [0.5, 0.6) is 0 Å². The van der Waals surface area contributed by atoms with Crippen molar-refractivity contribution in [3.8, 4) is 0 Å². The third-order valence-corrected chi connectivity index (χ3v) is 5.58. The molecule has 0 saturated carbocycles. The Labute approximate surface area is 122 Å². The van der Waals surface area contributed by atoms with Crippen molar-refractivity contribution in [3.05, 3.63) is 28.3 Å². The van der Waals surface area contributed by atoms with Crippen LogP contribution in [0, 0.1) is 27.7 Å². The van der Waals surface area contributed by atoms with Crippen LogP contribution in [0.2, 0.25) is 0 Å². The fraction of sp³-hybridized carbons (Fsp3) is 0.600. The van der Waals surface area contributed by atoms with Crippen LogP contribution in [-0.2, 0) is 10.0 Å². The summed E-state index contributed by atoms with van der Waals surface area (Å²) < 4.78 is 27.9. The molecule has 0 aliphatic carbocycles. The van der Waals surface area contributed by atoms with Gasteiger partial charge in [0.05, 0.1) is 4.90 Å². The van der Waals surface area contributed by atoms with Crippen molar-refractivity contribution >= 4 is 10.0 Å². The van der Waals surface area contributed by atoms with Crippen molar-refractivity contribution < 1.29 is 13.5 Å². The smallest absolute Gasteiger partial charge is 0.241 e. The number of aliphatic hydroxyl groups is 1. The first-order chi connectivity index (χ1) is 9.20. The van der Waals surface area contributed by atoms with Crippen molar-refractivity contribution in [2.24, 2.45) is 0 Å². The van der Waals surface area contributed by atoms with E-state index in [1.807, 2.05) is 40.7 Å². The number of hydrogen-bond acceptors (Lipinski definition) is 3. The quantitative estimate of drug-likeness (QED) is 0.847. The van der Waals surface area contributed by atoms with Crippen molar-refractivity contribution in [2.75, 3.05) is 6.61 Å². The van der Waals surface area contributed by atoms with Gasteiger partial charge in [0.15, 0.2) is 0 Å². The molecule has 0 amide bonds. The Morgan fingerprint density at radius 1 is 1.15 bits per heavy atom. The summed E-state index contributed by atoms with van der Waals surface area (Å²) in [6.45, 7) is 9.43. The zero-order chi connectivity index (χ0) is 15.5. The van der Waals surface area contributed by atoms with E-state index in [-0.39, 0.29) is 12.6 Å². The summed E-state index contributed by atoms with van der Waals surface area (Å²) in [5.74, 6) is 0. The average Bonchev–Trinajstić information content (AvgIpc) is 2.33. The van der Waals surface area contributed by atoms with Crippen molar-refractivity contribution in [2.45, 2.75) is 58.4 Å². The molecule has 20 heavy (non-hydrogen) atoms. The van der Waals surface area contributed by atoms with Crippen LogP contribution in [0.1, 0.15) is 42.0 Å². The molecule has 1 unspecified atom stereocenters. The molecule has 0 saturated heterocycles. The minimum Gasteiger partial charge on any atom is -0.396 e. The molecule has 0 spiro atoms. The number of benzene rings is 1. The van der Waals surface area contributed by atoms with E-state index in [2.05, 4.69) is 4.72 Å². The minimum atomic E-state index is -3.53. The van der Waals surface area contributed by atoms with E-state index < -0.39 is 10.0 Å². The van der Waals surface area contributed by atoms with E-state index in [1.54, 1.807) is 0 Å². The van der Waals surface area contributed by atoms with E-state index in [0.29, 0.717) is 17.7 Å². The maximum absolute atomic E-state index is 12.6. The Morgan fingerprint density at radius 2 is 1.65 bits per heavy atom. The van der Waals surface area contributed by atoms with Gasteiger partial charge in [-0.1, -0.05) is 6.07 Å². The summed E-state index contributed by atoms with van der Waals surface area (Å²) in [5.41, 5.74) is 3.57. The van der Waals surface area contributed by atoms with Gasteiger partial charge < -0.3 is 5.11 Å². The largest absolute Gasteiger partial charge is 0.396 e. The van der Waals surface area contributed by atoms with Gasteiger partial charge in [-0.15, -0.1) is 0 Å². The summed E-state index contributed by atoms with van der Waals surface area (Å²) in [6, 6.07) is 1.82. The van der Waals surface area contributed by atoms with Crippen LogP contribution in [0.15, 0.2) is 11.0 Å². The van der Waals surface area contributed by atoms with E-state index >= 15 is 0 Å². The van der Waals surface area contributed by atoms with Crippen LogP contribution in [0.4, 0.5) is 0 Å². The van der Waals surface area contributed by atoms with Gasteiger partial charge in [-0.05, 0) is 69.7 Å². The third kappa shape index (κ3) is 3.81. The maximum Gasteiger partial charge on any atom is 0.241 e. The van der Waals surface area contributed by atoms with Gasteiger partial charge in [0.2, 0.25) is 10.0 Å². The van der Waals surface area contributed by atoms with Gasteiger partial charge >= 0.3 is 0 Å². The fourth-order valence-electron chi connectivity index (χ4n) is 2.36. The molecule has 0 aliphatic rings. The second kappa shape index (κ2) is 6.70. The molecule has 114 valence electrons. The number of nitrogens with one attached hydrogen (secondary N) is 1. The van der Waals surface area contributed by atoms with Crippen LogP contribution in [-0.4, -0.2) is 26.2 Å². The maximum atomic E-state index is 12.6. The Hall–Kier alpha value is -0.910. The van der Waals surface area contributed by atoms with Gasteiger partial charge in [0.25, 0.3) is 0 Å². The highest BCUT2D eigenvalue weighted by Gasteiger charge is 2.23. The molecule has 0 aliphatic heterocycles. The van der Waals surface area contributed by atoms with Gasteiger partial charge in [-0.25, -0.2) is 13.1 Å². The topological polar surface area (TPSA) is 66.4 Å². The van der Waals surface area contributed by atoms with E-state index in [0.717, 1.165) is 22.3 Å². The first-order valence-corrected chi connectivity index (χ1v) is 8.39. The molecule has 0 radical (unpaired) electrons. The molecule has 5 heteroatoms. The van der Waals surface area contributed by atoms with Crippen molar-refractivity contribution in [1.82, 2.24) is 4.72 Å². The number of aliphatic hydroxyl groups excluding tert-OH is 1. The molecule has 1 rings (SSSR count). The predicted molar refractivity (Wildman–Crippen MR) is 81.5 cm³/mol. The summed E-state index contributed by atoms with van der Waals surface area (Å²) in [5, 5.41) is 8.81. The lowest BCUT2D eigenvalue weighted by Gasteiger charge is -2.19. The number of sulfonamides is 1. The Morgan fingerprint density at radius 3 is 2.10 bits per heavy atom. The average molecular weight is 299 g/mol. The summed E-state index contributed by atoms with van der Waals surface area (Å²) in [4.78, 5) is 0.394. The molecule has 4 nitrogen and oxygen atoms in total. The predicted octanol–water partition coefficient (Wildman–Crippen LogP) is 2.36. The molecule has 1 atom stereocenters. The highest BCUT2D eigenvalue weighted by Crippen LogP contribution is 2.26. The Kier molecular flexibility index (Phi) is 5.74. The molecular weight excluding hydrogens is 274 g/mol. The highest BCUT2D eigenvalue weighted by atomic mass is 32.2. The summed E-state index contributed by atoms with van der Waals surface area (Å²) in [6.07, 6.45) is 1.22. The molecule has 0 heterocycles. The van der Waals surface area contributed by atoms with E-state index in [1.165, 1.54) is 0 Å². The van der Waals surface area contributed by atoms with Gasteiger partial charge in [-0.3, -0.25) is 0 Å². The van der Waals surface area contributed by atoms with Crippen molar-refractivity contribution in [3.63, 3.8) is 0 Å². The second-order valence-corrected chi connectivity index (χ2v) is 7.13. The first kappa shape index (κ1) is 17.1. The van der Waals surface area contributed by atoms with Gasteiger partial charge in [-0.2, -0.15) is 0 Å². The first-order valence-electron chi connectivity index (χ1n) is 6.91. The molecule has 2 N–H and O–H groups in total. The summed E-state index contributed by atoms with van der Waals surface area (Å²) in [7, 11) is -3.53. The lowest BCUT2D eigenvalue weighted by atomic mass is 10.0. The molecule has 1 aromatic rings. The summed E-state index contributed by atoms with van der Waals surface area (Å²) >= 11 is 0. The number of aryl methyl sites for hydroxylation is 2.